The minimum atomic E-state index is 0.112. The van der Waals surface area contributed by atoms with Gasteiger partial charge in [0.1, 0.15) is 0 Å². The van der Waals surface area contributed by atoms with E-state index in [0.29, 0.717) is 12.3 Å². The van der Waals surface area contributed by atoms with Crippen LogP contribution in [-0.2, 0) is 0 Å². The fourth-order valence-corrected chi connectivity index (χ4v) is 3.44. The molecule has 198 valence electrons. The van der Waals surface area contributed by atoms with E-state index in [1.165, 1.54) is 16.5 Å². The molecule has 1 aromatic heterocycles. The molecule has 0 saturated heterocycles. The van der Waals surface area contributed by atoms with Crippen molar-refractivity contribution in [1.29, 1.82) is 0 Å². The van der Waals surface area contributed by atoms with E-state index in [0.717, 1.165) is 16.8 Å². The molecular formula is C34H39ClN2O. The van der Waals surface area contributed by atoms with Crippen LogP contribution in [-0.4, -0.2) is 16.6 Å². The molecule has 0 atom stereocenters. The molecule has 0 bridgehead atoms. The number of alkyl halides is 1. The van der Waals surface area contributed by atoms with Crippen LogP contribution >= 0.6 is 11.6 Å². The third-order valence-corrected chi connectivity index (χ3v) is 5.14. The average molecular weight is 527 g/mol. The third kappa shape index (κ3) is 11.4. The molecule has 38 heavy (non-hydrogen) atoms. The zero-order valence-electron chi connectivity index (χ0n) is 22.8. The van der Waals surface area contributed by atoms with E-state index in [1.54, 1.807) is 12.1 Å². The highest BCUT2D eigenvalue weighted by Gasteiger charge is 2.03. The largest absolute Gasteiger partial charge is 0.399 e. The summed E-state index contributed by atoms with van der Waals surface area (Å²) in [4.78, 5) is 15.5. The number of ketones is 1. The number of carbonyl (C=O) groups excluding carboxylic acids is 1. The van der Waals surface area contributed by atoms with Gasteiger partial charge in [-0.25, -0.2) is 0 Å². The second-order valence-corrected chi connectivity index (χ2v) is 7.76. The summed E-state index contributed by atoms with van der Waals surface area (Å²) in [5.41, 5.74) is 10.4. The van der Waals surface area contributed by atoms with Gasteiger partial charge in [0, 0.05) is 35.1 Å². The molecular weight excluding hydrogens is 488 g/mol. The molecule has 0 fully saturated rings. The summed E-state index contributed by atoms with van der Waals surface area (Å²) in [5, 5.41) is 1.20. The predicted molar refractivity (Wildman–Crippen MR) is 167 cm³/mol. The number of para-hydroxylation sites is 2. The summed E-state index contributed by atoms with van der Waals surface area (Å²) in [5.74, 6) is 0.508. The number of Topliss-reactive ketones (excluding diaryl/α,β-unsaturated/α-hetero) is 1. The third-order valence-electron chi connectivity index (χ3n) is 4.95. The molecule has 4 aromatic carbocycles. The summed E-state index contributed by atoms with van der Waals surface area (Å²) < 4.78 is 0. The van der Waals surface area contributed by atoms with Gasteiger partial charge in [-0.3, -0.25) is 9.78 Å². The summed E-state index contributed by atoms with van der Waals surface area (Å²) >= 11 is 5.43. The van der Waals surface area contributed by atoms with Gasteiger partial charge in [-0.1, -0.05) is 125 Å². The zero-order chi connectivity index (χ0) is 28.0. The number of anilines is 1. The first-order valence-corrected chi connectivity index (χ1v) is 13.6. The summed E-state index contributed by atoms with van der Waals surface area (Å²) in [6, 6.07) is 39.4. The van der Waals surface area contributed by atoms with Crippen LogP contribution in [0.15, 0.2) is 128 Å². The van der Waals surface area contributed by atoms with Crippen LogP contribution < -0.4 is 5.73 Å². The van der Waals surface area contributed by atoms with Gasteiger partial charge in [-0.05, 0) is 35.4 Å². The van der Waals surface area contributed by atoms with E-state index in [2.05, 4.69) is 47.4 Å². The highest BCUT2D eigenvalue weighted by Crippen LogP contribution is 2.26. The molecule has 0 radical (unpaired) electrons. The fourth-order valence-electron chi connectivity index (χ4n) is 3.27. The van der Waals surface area contributed by atoms with E-state index >= 15 is 0 Å². The van der Waals surface area contributed by atoms with Crippen molar-refractivity contribution in [2.24, 2.45) is 0 Å². The standard InChI is InChI=1S/C15H11N.C9H9ClO.C6H7N.2C2H6/c1-2-6-12(7-3-1)13-10-11-16-15-9-5-4-8-14(13)15;10-7-6-9(11)8-4-2-1-3-5-8;7-6-4-2-1-3-5-6;2*1-2/h1-11H;1-5H,6-7H2;1-5H,7H2;2*1-2H3. The number of hydrogen-bond acceptors (Lipinski definition) is 3. The minimum Gasteiger partial charge on any atom is -0.399 e. The normalized spacial score (nSPS) is 9.08. The maximum atomic E-state index is 11.2. The van der Waals surface area contributed by atoms with Crippen LogP contribution in [0.2, 0.25) is 0 Å². The van der Waals surface area contributed by atoms with Gasteiger partial charge in [-0.15, -0.1) is 11.6 Å². The molecule has 4 heteroatoms. The Morgan fingerprint density at radius 2 is 1.18 bits per heavy atom. The van der Waals surface area contributed by atoms with Crippen LogP contribution in [0.4, 0.5) is 5.69 Å². The maximum Gasteiger partial charge on any atom is 0.164 e. The number of nitrogen functional groups attached to an aromatic ring is 1. The van der Waals surface area contributed by atoms with E-state index in [-0.39, 0.29) is 5.78 Å². The molecule has 0 amide bonds. The first-order chi connectivity index (χ1) is 18.7. The van der Waals surface area contributed by atoms with Crippen molar-refractivity contribution in [2.75, 3.05) is 11.6 Å². The number of carbonyl (C=O) groups is 1. The topological polar surface area (TPSA) is 56.0 Å². The Morgan fingerprint density at radius 3 is 1.71 bits per heavy atom. The smallest absolute Gasteiger partial charge is 0.164 e. The summed E-state index contributed by atoms with van der Waals surface area (Å²) in [6.45, 7) is 8.00. The van der Waals surface area contributed by atoms with Crippen LogP contribution in [0.1, 0.15) is 44.5 Å². The van der Waals surface area contributed by atoms with Gasteiger partial charge < -0.3 is 5.73 Å². The van der Waals surface area contributed by atoms with Crippen molar-refractivity contribution in [1.82, 2.24) is 4.98 Å². The van der Waals surface area contributed by atoms with E-state index < -0.39 is 0 Å². The van der Waals surface area contributed by atoms with E-state index in [9.17, 15) is 4.79 Å². The molecule has 5 rings (SSSR count). The van der Waals surface area contributed by atoms with Crippen molar-refractivity contribution in [3.63, 3.8) is 0 Å². The highest BCUT2D eigenvalue weighted by molar-refractivity contribution is 6.19. The van der Waals surface area contributed by atoms with Crippen LogP contribution in [0, 0.1) is 0 Å². The fraction of sp³-hybridized carbons (Fsp3) is 0.176. The number of pyridine rings is 1. The summed E-state index contributed by atoms with van der Waals surface area (Å²) in [6.07, 6.45) is 2.29. The second-order valence-electron chi connectivity index (χ2n) is 7.38. The quantitative estimate of drug-likeness (QED) is 0.144. The molecule has 1 heterocycles. The maximum absolute atomic E-state index is 11.2. The van der Waals surface area contributed by atoms with Crippen LogP contribution in [0.25, 0.3) is 22.0 Å². The number of halogens is 1. The summed E-state index contributed by atoms with van der Waals surface area (Å²) in [7, 11) is 0. The number of hydrogen-bond donors (Lipinski definition) is 1. The predicted octanol–water partition coefficient (Wildman–Crippen LogP) is 9.72. The van der Waals surface area contributed by atoms with Gasteiger partial charge in [0.05, 0.1) is 5.52 Å². The van der Waals surface area contributed by atoms with Crippen molar-refractivity contribution in [2.45, 2.75) is 34.1 Å². The number of nitrogens with zero attached hydrogens (tertiary/aromatic N) is 1. The Bertz CT molecular complexity index is 1270. The Hall–Kier alpha value is -3.95. The number of fused-ring (bicyclic) bond motifs is 1. The zero-order valence-corrected chi connectivity index (χ0v) is 23.6. The minimum absolute atomic E-state index is 0.112. The van der Waals surface area contributed by atoms with Crippen molar-refractivity contribution in [3.05, 3.63) is 133 Å². The molecule has 0 aliphatic rings. The van der Waals surface area contributed by atoms with E-state index in [4.69, 9.17) is 17.3 Å². The van der Waals surface area contributed by atoms with Gasteiger partial charge in [0.2, 0.25) is 0 Å². The Balaban J connectivity index is 0.000000286. The lowest BCUT2D eigenvalue weighted by atomic mass is 10.0. The molecule has 0 aliphatic heterocycles. The highest BCUT2D eigenvalue weighted by atomic mass is 35.5. The monoisotopic (exact) mass is 526 g/mol. The van der Waals surface area contributed by atoms with Crippen molar-refractivity contribution >= 4 is 34.0 Å². The first kappa shape index (κ1) is 32.1. The SMILES string of the molecule is CC.CC.Nc1ccccc1.O=C(CCCl)c1ccccc1.c1ccc(-c2ccnc3ccccc23)cc1. The van der Waals surface area contributed by atoms with Crippen molar-refractivity contribution < 1.29 is 4.79 Å². The van der Waals surface area contributed by atoms with Crippen LogP contribution in [0.3, 0.4) is 0 Å². The van der Waals surface area contributed by atoms with E-state index in [1.807, 2.05) is 101 Å². The molecule has 2 N–H and O–H groups in total. The number of benzene rings is 4. The Kier molecular flexibility index (Phi) is 17.0. The molecule has 0 spiro atoms. The van der Waals surface area contributed by atoms with Gasteiger partial charge in [0.15, 0.2) is 5.78 Å². The lowest BCUT2D eigenvalue weighted by Crippen LogP contribution is -1.98. The molecule has 0 unspecified atom stereocenters. The Labute approximate surface area is 233 Å². The van der Waals surface area contributed by atoms with Gasteiger partial charge in [0.25, 0.3) is 0 Å². The van der Waals surface area contributed by atoms with Crippen molar-refractivity contribution in [3.8, 4) is 11.1 Å². The second kappa shape index (κ2) is 20.1. The lowest BCUT2D eigenvalue weighted by molar-refractivity contribution is 0.0989. The molecule has 5 aromatic rings. The molecule has 0 saturated carbocycles. The Morgan fingerprint density at radius 1 is 0.684 bits per heavy atom. The first-order valence-electron chi connectivity index (χ1n) is 13.0. The molecule has 3 nitrogen and oxygen atoms in total. The van der Waals surface area contributed by atoms with Gasteiger partial charge >= 0.3 is 0 Å². The number of aromatic nitrogens is 1. The molecule has 0 aliphatic carbocycles. The lowest BCUT2D eigenvalue weighted by Gasteiger charge is -2.05. The van der Waals surface area contributed by atoms with Crippen LogP contribution in [0.5, 0.6) is 0 Å². The van der Waals surface area contributed by atoms with Gasteiger partial charge in [-0.2, -0.15) is 0 Å². The number of rotatable bonds is 4. The number of nitrogens with two attached hydrogens (primary N) is 1. The average Bonchev–Trinajstić information content (AvgIpc) is 3.01.